The molecular weight excluding hydrogens is 368 g/mol. The van der Waals surface area contributed by atoms with Gasteiger partial charge in [-0.3, -0.25) is 19.4 Å². The van der Waals surface area contributed by atoms with E-state index in [0.717, 1.165) is 44.7 Å². The highest BCUT2D eigenvalue weighted by molar-refractivity contribution is 5.99. The van der Waals surface area contributed by atoms with Crippen LogP contribution in [0.3, 0.4) is 0 Å². The number of ether oxygens (including phenoxy) is 1. The molecule has 0 aromatic heterocycles. The molecular formula is C22H34N4O3. The molecule has 2 atom stereocenters. The van der Waals surface area contributed by atoms with Gasteiger partial charge >= 0.3 is 0 Å². The number of methoxy groups -OCH3 is 1. The highest BCUT2D eigenvalue weighted by Gasteiger charge is 2.35. The van der Waals surface area contributed by atoms with Gasteiger partial charge in [-0.05, 0) is 38.3 Å². The highest BCUT2D eigenvalue weighted by Crippen LogP contribution is 2.32. The number of nitrogens with zero attached hydrogens (tertiary/aromatic N) is 3. The topological polar surface area (TPSA) is 65.1 Å². The van der Waals surface area contributed by atoms with Crippen LogP contribution >= 0.6 is 0 Å². The number of anilines is 1. The molecule has 3 rings (SSSR count). The number of amides is 2. The predicted octanol–water partition coefficient (Wildman–Crippen LogP) is 1.12. The van der Waals surface area contributed by atoms with E-state index in [4.69, 9.17) is 4.74 Å². The second-order valence-electron chi connectivity index (χ2n) is 8.07. The summed E-state index contributed by atoms with van der Waals surface area (Å²) in [7, 11) is 1.66. The number of para-hydroxylation sites is 1. The summed E-state index contributed by atoms with van der Waals surface area (Å²) >= 11 is 0. The van der Waals surface area contributed by atoms with Crippen molar-refractivity contribution >= 4 is 17.5 Å². The van der Waals surface area contributed by atoms with E-state index in [1.54, 1.807) is 7.11 Å². The number of carbonyl (C=O) groups is 2. The van der Waals surface area contributed by atoms with Crippen molar-refractivity contribution < 1.29 is 14.3 Å². The second-order valence-corrected chi connectivity index (χ2v) is 8.07. The lowest BCUT2D eigenvalue weighted by atomic mass is 10.1. The zero-order valence-electron chi connectivity index (χ0n) is 17.9. The summed E-state index contributed by atoms with van der Waals surface area (Å²) < 4.78 is 4.99. The van der Waals surface area contributed by atoms with E-state index >= 15 is 0 Å². The Hall–Kier alpha value is -1.96. The molecule has 2 aliphatic rings. The first-order valence-electron chi connectivity index (χ1n) is 10.6. The van der Waals surface area contributed by atoms with Crippen molar-refractivity contribution in [2.45, 2.75) is 38.8 Å². The largest absolute Gasteiger partial charge is 0.385 e. The zero-order chi connectivity index (χ0) is 20.8. The number of benzene rings is 1. The minimum absolute atomic E-state index is 0.0566. The molecule has 1 saturated heterocycles. The number of hydrogen-bond donors (Lipinski definition) is 1. The molecule has 1 aromatic rings. The quantitative estimate of drug-likeness (QED) is 0.661. The molecule has 1 aromatic carbocycles. The van der Waals surface area contributed by atoms with Gasteiger partial charge in [0, 0.05) is 58.2 Å². The Balaban J connectivity index is 1.47. The molecule has 0 saturated carbocycles. The van der Waals surface area contributed by atoms with Crippen molar-refractivity contribution in [1.82, 2.24) is 15.1 Å². The molecule has 1 N–H and O–H groups in total. The van der Waals surface area contributed by atoms with Crippen LogP contribution in [0, 0.1) is 0 Å². The van der Waals surface area contributed by atoms with Gasteiger partial charge in [-0.15, -0.1) is 0 Å². The summed E-state index contributed by atoms with van der Waals surface area (Å²) in [5, 5.41) is 2.93. The molecule has 0 spiro atoms. The minimum atomic E-state index is -0.159. The fourth-order valence-electron chi connectivity index (χ4n) is 4.27. The number of hydrogen-bond acceptors (Lipinski definition) is 5. The maximum atomic E-state index is 13.2. The molecule has 160 valence electrons. The molecule has 2 aliphatic heterocycles. The van der Waals surface area contributed by atoms with Crippen LogP contribution in [-0.4, -0.2) is 86.7 Å². The van der Waals surface area contributed by atoms with E-state index in [-0.39, 0.29) is 23.9 Å². The summed E-state index contributed by atoms with van der Waals surface area (Å²) in [5.74, 6) is 0.230. The smallest absolute Gasteiger partial charge is 0.244 e. The Labute approximate surface area is 174 Å². The van der Waals surface area contributed by atoms with Crippen molar-refractivity contribution in [3.8, 4) is 0 Å². The third-order valence-corrected chi connectivity index (χ3v) is 5.97. The Bertz CT molecular complexity index is 703. The zero-order valence-corrected chi connectivity index (χ0v) is 17.9. The second kappa shape index (κ2) is 10.2. The Morgan fingerprint density at radius 2 is 1.93 bits per heavy atom. The maximum Gasteiger partial charge on any atom is 0.244 e. The number of fused-ring (bicyclic) bond motifs is 1. The van der Waals surface area contributed by atoms with Crippen LogP contribution in [0.5, 0.6) is 0 Å². The Morgan fingerprint density at radius 1 is 1.21 bits per heavy atom. The number of carbonyl (C=O) groups excluding carboxylic acids is 2. The summed E-state index contributed by atoms with van der Waals surface area (Å²) in [6.07, 6.45) is 1.75. The first-order chi connectivity index (χ1) is 14.0. The fraction of sp³-hybridized carbons (Fsp3) is 0.636. The van der Waals surface area contributed by atoms with Crippen LogP contribution in [0.2, 0.25) is 0 Å². The number of rotatable bonds is 8. The Morgan fingerprint density at radius 3 is 2.66 bits per heavy atom. The molecule has 2 heterocycles. The predicted molar refractivity (Wildman–Crippen MR) is 114 cm³/mol. The standard InChI is InChI=1S/C22H34N4O3/c1-17-15-19-7-4-5-8-20(19)26(17)22(28)18(2)25-12-10-24(11-13-25)16-21(27)23-9-6-14-29-3/h4-5,7-8,17-18H,6,9-16H2,1-3H3,(H,23,27). The highest BCUT2D eigenvalue weighted by atomic mass is 16.5. The van der Waals surface area contributed by atoms with Gasteiger partial charge in [0.2, 0.25) is 11.8 Å². The van der Waals surface area contributed by atoms with Crippen molar-refractivity contribution in [3.63, 3.8) is 0 Å². The lowest BCUT2D eigenvalue weighted by molar-refractivity contribution is -0.126. The van der Waals surface area contributed by atoms with Gasteiger partial charge in [-0.1, -0.05) is 18.2 Å². The van der Waals surface area contributed by atoms with Gasteiger partial charge < -0.3 is 15.0 Å². The summed E-state index contributed by atoms with van der Waals surface area (Å²) in [6, 6.07) is 8.24. The average Bonchev–Trinajstić information content (AvgIpc) is 3.06. The van der Waals surface area contributed by atoms with Crippen LogP contribution in [0.15, 0.2) is 24.3 Å². The average molecular weight is 403 g/mol. The van der Waals surface area contributed by atoms with Gasteiger partial charge in [0.25, 0.3) is 0 Å². The van der Waals surface area contributed by atoms with E-state index < -0.39 is 0 Å². The molecule has 29 heavy (non-hydrogen) atoms. The molecule has 0 radical (unpaired) electrons. The van der Waals surface area contributed by atoms with Gasteiger partial charge in [-0.2, -0.15) is 0 Å². The molecule has 7 nitrogen and oxygen atoms in total. The van der Waals surface area contributed by atoms with E-state index in [1.807, 2.05) is 30.0 Å². The third-order valence-electron chi connectivity index (χ3n) is 5.97. The van der Waals surface area contributed by atoms with E-state index in [1.165, 1.54) is 5.56 Å². The molecule has 7 heteroatoms. The van der Waals surface area contributed by atoms with Crippen molar-refractivity contribution in [3.05, 3.63) is 29.8 Å². The molecule has 0 bridgehead atoms. The van der Waals surface area contributed by atoms with E-state index in [9.17, 15) is 9.59 Å². The maximum absolute atomic E-state index is 13.2. The fourth-order valence-corrected chi connectivity index (χ4v) is 4.27. The normalized spacial score (nSPS) is 21.1. The van der Waals surface area contributed by atoms with Gasteiger partial charge in [0.15, 0.2) is 0 Å². The van der Waals surface area contributed by atoms with Crippen LogP contribution in [0.1, 0.15) is 25.8 Å². The van der Waals surface area contributed by atoms with E-state index in [0.29, 0.717) is 19.7 Å². The summed E-state index contributed by atoms with van der Waals surface area (Å²) in [5.41, 5.74) is 2.31. The van der Waals surface area contributed by atoms with Crippen LogP contribution in [-0.2, 0) is 20.7 Å². The Kier molecular flexibility index (Phi) is 7.64. The summed E-state index contributed by atoms with van der Waals surface area (Å²) in [6.45, 7) is 9.05. The number of piperazine rings is 1. The van der Waals surface area contributed by atoms with E-state index in [2.05, 4.69) is 28.1 Å². The first kappa shape index (κ1) is 21.7. The van der Waals surface area contributed by atoms with Crippen LogP contribution in [0.4, 0.5) is 5.69 Å². The van der Waals surface area contributed by atoms with Crippen LogP contribution in [0.25, 0.3) is 0 Å². The monoisotopic (exact) mass is 402 g/mol. The molecule has 1 fully saturated rings. The summed E-state index contributed by atoms with van der Waals surface area (Å²) in [4.78, 5) is 31.7. The first-order valence-corrected chi connectivity index (χ1v) is 10.6. The molecule has 0 aliphatic carbocycles. The SMILES string of the molecule is COCCCNC(=O)CN1CCN(C(C)C(=O)N2c3ccccc3CC2C)CC1. The lowest BCUT2D eigenvalue weighted by Crippen LogP contribution is -2.56. The van der Waals surface area contributed by atoms with Gasteiger partial charge in [0.05, 0.1) is 12.6 Å². The molecule has 2 unspecified atom stereocenters. The lowest BCUT2D eigenvalue weighted by Gasteiger charge is -2.39. The number of nitrogens with one attached hydrogen (secondary N) is 1. The van der Waals surface area contributed by atoms with Crippen molar-refractivity contribution in [2.24, 2.45) is 0 Å². The minimum Gasteiger partial charge on any atom is -0.385 e. The molecule has 2 amide bonds. The van der Waals surface area contributed by atoms with Crippen molar-refractivity contribution in [1.29, 1.82) is 0 Å². The van der Waals surface area contributed by atoms with Crippen LogP contribution < -0.4 is 10.2 Å². The third kappa shape index (κ3) is 5.35. The van der Waals surface area contributed by atoms with Crippen molar-refractivity contribution in [2.75, 3.05) is 57.9 Å². The van der Waals surface area contributed by atoms with Gasteiger partial charge in [-0.25, -0.2) is 0 Å². The van der Waals surface area contributed by atoms with Gasteiger partial charge in [0.1, 0.15) is 0 Å².